The van der Waals surface area contributed by atoms with Crippen molar-refractivity contribution in [2.45, 2.75) is 33.3 Å². The van der Waals surface area contributed by atoms with Gasteiger partial charge in [0.15, 0.2) is 0 Å². The summed E-state index contributed by atoms with van der Waals surface area (Å²) in [7, 11) is 0. The summed E-state index contributed by atoms with van der Waals surface area (Å²) >= 11 is 0. The molecule has 1 aromatic rings. The van der Waals surface area contributed by atoms with Crippen LogP contribution in [0.25, 0.3) is 0 Å². The number of carbonyl (C=O) groups excluding carboxylic acids is 2. The number of nitrogens with one attached hydrogen (secondary N) is 1. The van der Waals surface area contributed by atoms with E-state index in [2.05, 4.69) is 5.32 Å². The molecule has 1 amide bonds. The zero-order valence-corrected chi connectivity index (χ0v) is 11.4. The molecule has 0 aromatic heterocycles. The first-order chi connectivity index (χ1) is 9.02. The van der Waals surface area contributed by atoms with Gasteiger partial charge in [0.05, 0.1) is 0 Å². The molecule has 5 heteroatoms. The fourth-order valence-corrected chi connectivity index (χ4v) is 1.52. The van der Waals surface area contributed by atoms with Gasteiger partial charge in [-0.3, -0.25) is 4.79 Å². The zero-order valence-electron chi connectivity index (χ0n) is 11.4. The quantitative estimate of drug-likeness (QED) is 0.831. The van der Waals surface area contributed by atoms with Gasteiger partial charge in [0, 0.05) is 13.5 Å². The molecule has 0 fully saturated rings. The Morgan fingerprint density at radius 2 is 2.11 bits per heavy atom. The fourth-order valence-electron chi connectivity index (χ4n) is 1.52. The van der Waals surface area contributed by atoms with Crippen LogP contribution in [-0.2, 0) is 9.53 Å². The number of rotatable bonds is 5. The van der Waals surface area contributed by atoms with E-state index in [1.54, 1.807) is 25.1 Å². The molecule has 5 nitrogen and oxygen atoms in total. The molecule has 1 atom stereocenters. The molecule has 0 bridgehead atoms. The van der Waals surface area contributed by atoms with Crippen molar-refractivity contribution < 1.29 is 19.1 Å². The number of ether oxygens (including phenoxy) is 2. The maximum atomic E-state index is 11.4. The molecule has 0 aliphatic carbocycles. The van der Waals surface area contributed by atoms with Crippen LogP contribution in [0.15, 0.2) is 24.3 Å². The number of esters is 1. The first-order valence-electron chi connectivity index (χ1n) is 6.25. The number of hydrogen-bond acceptors (Lipinski definition) is 4. The average Bonchev–Trinajstić information content (AvgIpc) is 2.36. The highest BCUT2D eigenvalue weighted by Gasteiger charge is 2.10. The minimum absolute atomic E-state index is 0.348. The van der Waals surface area contributed by atoms with Crippen molar-refractivity contribution in [2.75, 3.05) is 6.54 Å². The van der Waals surface area contributed by atoms with Crippen LogP contribution in [-0.4, -0.2) is 18.6 Å². The van der Waals surface area contributed by atoms with E-state index in [1.165, 1.54) is 6.92 Å². The van der Waals surface area contributed by atoms with E-state index >= 15 is 0 Å². The highest BCUT2D eigenvalue weighted by Crippen LogP contribution is 2.21. The standard InChI is InChI=1S/C14H19NO4/c1-4-8-15-14(17)19-13-7-5-6-12(9-13)10(2)18-11(3)16/h5-7,9-10H,4,8H2,1-3H3,(H,15,17). The van der Waals surface area contributed by atoms with Crippen LogP contribution < -0.4 is 10.1 Å². The molecule has 0 aliphatic heterocycles. The van der Waals surface area contributed by atoms with Gasteiger partial charge in [-0.15, -0.1) is 0 Å². The van der Waals surface area contributed by atoms with Crippen molar-refractivity contribution in [1.29, 1.82) is 0 Å². The Bertz CT molecular complexity index is 445. The van der Waals surface area contributed by atoms with Gasteiger partial charge in [-0.2, -0.15) is 0 Å². The molecule has 104 valence electrons. The summed E-state index contributed by atoms with van der Waals surface area (Å²) in [5, 5.41) is 2.62. The van der Waals surface area contributed by atoms with Gasteiger partial charge in [0.1, 0.15) is 11.9 Å². The Morgan fingerprint density at radius 3 is 2.74 bits per heavy atom. The second-order valence-electron chi connectivity index (χ2n) is 4.14. The normalized spacial score (nSPS) is 11.5. The van der Waals surface area contributed by atoms with E-state index in [9.17, 15) is 9.59 Å². The van der Waals surface area contributed by atoms with Crippen LogP contribution >= 0.6 is 0 Å². The molecule has 0 aliphatic rings. The predicted molar refractivity (Wildman–Crippen MR) is 70.9 cm³/mol. The Hall–Kier alpha value is -2.04. The van der Waals surface area contributed by atoms with Crippen molar-refractivity contribution in [3.63, 3.8) is 0 Å². The Labute approximate surface area is 112 Å². The molecule has 1 unspecified atom stereocenters. The van der Waals surface area contributed by atoms with Crippen LogP contribution in [0, 0.1) is 0 Å². The number of carbonyl (C=O) groups is 2. The monoisotopic (exact) mass is 265 g/mol. The molecule has 1 rings (SSSR count). The summed E-state index contributed by atoms with van der Waals surface area (Å²) in [6, 6.07) is 6.91. The summed E-state index contributed by atoms with van der Waals surface area (Å²) in [6.45, 7) is 5.65. The molecule has 1 N–H and O–H groups in total. The molecular weight excluding hydrogens is 246 g/mol. The third-order valence-electron chi connectivity index (χ3n) is 2.40. The molecule has 19 heavy (non-hydrogen) atoms. The van der Waals surface area contributed by atoms with Crippen molar-refractivity contribution >= 4 is 12.1 Å². The summed E-state index contributed by atoms with van der Waals surface area (Å²) in [4.78, 5) is 22.3. The smallest absolute Gasteiger partial charge is 0.412 e. The Balaban J connectivity index is 2.66. The third kappa shape index (κ3) is 5.42. The van der Waals surface area contributed by atoms with Gasteiger partial charge in [-0.05, 0) is 31.0 Å². The lowest BCUT2D eigenvalue weighted by molar-refractivity contribution is -0.145. The third-order valence-corrected chi connectivity index (χ3v) is 2.40. The summed E-state index contributed by atoms with van der Waals surface area (Å²) < 4.78 is 10.2. The first kappa shape index (κ1) is 15.0. The molecule has 1 aromatic carbocycles. The molecule has 0 heterocycles. The molecule has 0 saturated carbocycles. The maximum Gasteiger partial charge on any atom is 0.412 e. The van der Waals surface area contributed by atoms with Crippen molar-refractivity contribution in [3.05, 3.63) is 29.8 Å². The van der Waals surface area contributed by atoms with E-state index in [-0.39, 0.29) is 12.1 Å². The number of amides is 1. The van der Waals surface area contributed by atoms with Gasteiger partial charge < -0.3 is 14.8 Å². The SMILES string of the molecule is CCCNC(=O)Oc1cccc(C(C)OC(C)=O)c1. The molecule has 0 saturated heterocycles. The lowest BCUT2D eigenvalue weighted by Crippen LogP contribution is -2.27. The van der Waals surface area contributed by atoms with E-state index in [4.69, 9.17) is 9.47 Å². The van der Waals surface area contributed by atoms with E-state index in [0.717, 1.165) is 12.0 Å². The van der Waals surface area contributed by atoms with Gasteiger partial charge in [-0.1, -0.05) is 19.1 Å². The fraction of sp³-hybridized carbons (Fsp3) is 0.429. The second-order valence-corrected chi connectivity index (χ2v) is 4.14. The van der Waals surface area contributed by atoms with Crippen molar-refractivity contribution in [2.24, 2.45) is 0 Å². The largest absolute Gasteiger partial charge is 0.458 e. The van der Waals surface area contributed by atoms with E-state index in [0.29, 0.717) is 12.3 Å². The van der Waals surface area contributed by atoms with Crippen LogP contribution in [0.5, 0.6) is 5.75 Å². The lowest BCUT2D eigenvalue weighted by Gasteiger charge is -2.13. The first-order valence-corrected chi connectivity index (χ1v) is 6.25. The minimum atomic E-state index is -0.487. The second kappa shape index (κ2) is 7.41. The van der Waals surface area contributed by atoms with Gasteiger partial charge in [0.25, 0.3) is 0 Å². The molecular formula is C14H19NO4. The lowest BCUT2D eigenvalue weighted by atomic mass is 10.1. The van der Waals surface area contributed by atoms with E-state index < -0.39 is 6.09 Å². The van der Waals surface area contributed by atoms with Crippen molar-refractivity contribution in [1.82, 2.24) is 5.32 Å². The summed E-state index contributed by atoms with van der Waals surface area (Å²) in [6.07, 6.45) is -0.0163. The van der Waals surface area contributed by atoms with Gasteiger partial charge in [-0.25, -0.2) is 4.79 Å². The molecule has 0 radical (unpaired) electrons. The average molecular weight is 265 g/mol. The Kier molecular flexibility index (Phi) is 5.85. The van der Waals surface area contributed by atoms with Gasteiger partial charge in [0.2, 0.25) is 0 Å². The predicted octanol–water partition coefficient (Wildman–Crippen LogP) is 2.81. The number of benzene rings is 1. The minimum Gasteiger partial charge on any atom is -0.458 e. The number of hydrogen-bond donors (Lipinski definition) is 1. The van der Waals surface area contributed by atoms with Gasteiger partial charge >= 0.3 is 12.1 Å². The maximum absolute atomic E-state index is 11.4. The Morgan fingerprint density at radius 1 is 1.37 bits per heavy atom. The van der Waals surface area contributed by atoms with Crippen LogP contribution in [0.1, 0.15) is 38.9 Å². The highest BCUT2D eigenvalue weighted by atomic mass is 16.6. The molecule has 0 spiro atoms. The summed E-state index contributed by atoms with van der Waals surface area (Å²) in [5.74, 6) is 0.0737. The highest BCUT2D eigenvalue weighted by molar-refractivity contribution is 5.70. The summed E-state index contributed by atoms with van der Waals surface area (Å²) in [5.41, 5.74) is 0.774. The van der Waals surface area contributed by atoms with E-state index in [1.807, 2.05) is 13.0 Å². The van der Waals surface area contributed by atoms with Crippen molar-refractivity contribution in [3.8, 4) is 5.75 Å². The van der Waals surface area contributed by atoms with Crippen LogP contribution in [0.3, 0.4) is 0 Å². The topological polar surface area (TPSA) is 64.6 Å². The van der Waals surface area contributed by atoms with Crippen LogP contribution in [0.4, 0.5) is 4.79 Å². The van der Waals surface area contributed by atoms with Crippen LogP contribution in [0.2, 0.25) is 0 Å². The zero-order chi connectivity index (χ0) is 14.3.